The van der Waals surface area contributed by atoms with Crippen LogP contribution in [0.2, 0.25) is 0 Å². The van der Waals surface area contributed by atoms with Crippen molar-refractivity contribution >= 4 is 11.8 Å². The van der Waals surface area contributed by atoms with Crippen molar-refractivity contribution in [2.45, 2.75) is 98.5 Å². The van der Waals surface area contributed by atoms with E-state index < -0.39 is 6.09 Å². The highest BCUT2D eigenvalue weighted by atomic mass is 16.6. The number of anilines is 1. The van der Waals surface area contributed by atoms with Crippen LogP contribution in [0.15, 0.2) is 77.4 Å². The van der Waals surface area contributed by atoms with E-state index in [9.17, 15) is 4.79 Å². The van der Waals surface area contributed by atoms with E-state index in [1.54, 1.807) is 0 Å². The average molecular weight is 516 g/mol. The summed E-state index contributed by atoms with van der Waals surface area (Å²) in [5, 5.41) is 2.76. The molecule has 0 radical (unpaired) electrons. The maximum atomic E-state index is 12.3. The summed E-state index contributed by atoms with van der Waals surface area (Å²) in [5.41, 5.74) is 6.94. The van der Waals surface area contributed by atoms with Crippen LogP contribution in [0.4, 0.5) is 10.5 Å². The summed E-state index contributed by atoms with van der Waals surface area (Å²) < 4.78 is 12.1. The Kier molecular flexibility index (Phi) is 10.8. The Hall–Kier alpha value is -3.27. The van der Waals surface area contributed by atoms with Gasteiger partial charge in [-0.05, 0) is 128 Å². The Bertz CT molecular complexity index is 1170. The first-order valence-electron chi connectivity index (χ1n) is 13.9. The highest BCUT2D eigenvalue weighted by Crippen LogP contribution is 2.40. The minimum Gasteiger partial charge on any atom is -0.487 e. The van der Waals surface area contributed by atoms with Crippen LogP contribution in [-0.2, 0) is 6.42 Å². The molecule has 0 unspecified atom stereocenters. The summed E-state index contributed by atoms with van der Waals surface area (Å²) in [7, 11) is 0. The van der Waals surface area contributed by atoms with E-state index in [4.69, 9.17) is 9.47 Å². The van der Waals surface area contributed by atoms with Gasteiger partial charge in [-0.2, -0.15) is 0 Å². The number of para-hydroxylation sites is 1. The SMILES string of the molecule is CC(C)=CCCC(C)=CCCC(C)=CCC[C@]1(C)CCc2cc(OC(=O)Nc3ccccc3)cc(C)c2O1. The van der Waals surface area contributed by atoms with E-state index >= 15 is 0 Å². The van der Waals surface area contributed by atoms with Gasteiger partial charge in [-0.1, -0.05) is 53.1 Å². The molecule has 0 spiro atoms. The number of carbonyl (C=O) groups is 1. The van der Waals surface area contributed by atoms with Gasteiger partial charge >= 0.3 is 6.09 Å². The minimum atomic E-state index is -0.492. The first-order valence-corrected chi connectivity index (χ1v) is 13.9. The molecule has 0 bridgehead atoms. The Morgan fingerprint density at radius 1 is 0.974 bits per heavy atom. The number of nitrogens with one attached hydrogen (secondary N) is 1. The molecule has 0 aliphatic carbocycles. The molecule has 204 valence electrons. The first kappa shape index (κ1) is 29.3. The molecule has 1 aliphatic rings. The van der Waals surface area contributed by atoms with Crippen molar-refractivity contribution in [2.75, 3.05) is 5.32 Å². The molecule has 2 aromatic carbocycles. The number of carbonyl (C=O) groups excluding carboxylic acids is 1. The molecule has 4 nitrogen and oxygen atoms in total. The molecule has 0 aromatic heterocycles. The van der Waals surface area contributed by atoms with Crippen molar-refractivity contribution in [3.8, 4) is 11.5 Å². The van der Waals surface area contributed by atoms with Crippen LogP contribution in [0.1, 0.15) is 90.7 Å². The van der Waals surface area contributed by atoms with E-state index in [1.807, 2.05) is 49.4 Å². The highest BCUT2D eigenvalue weighted by Gasteiger charge is 2.32. The van der Waals surface area contributed by atoms with Gasteiger partial charge in [0.25, 0.3) is 0 Å². The number of hydrogen-bond donors (Lipinski definition) is 1. The normalized spacial score (nSPS) is 17.3. The third-order valence-electron chi connectivity index (χ3n) is 7.12. The van der Waals surface area contributed by atoms with Crippen LogP contribution in [0.25, 0.3) is 0 Å². The lowest BCUT2D eigenvalue weighted by Gasteiger charge is -2.37. The summed E-state index contributed by atoms with van der Waals surface area (Å²) in [6.07, 6.45) is 15.0. The second-order valence-electron chi connectivity index (χ2n) is 11.2. The standard InChI is InChI=1S/C34H45NO3/c1-25(2)13-10-14-26(3)15-11-16-27(4)17-12-21-34(6)22-20-29-24-31(23-28(5)32(29)38-34)37-33(36)35-30-18-8-7-9-19-30/h7-9,13,15,17-19,23-24H,10-12,14,16,20-22H2,1-6H3,(H,35,36)/t34-/m1/s1. The van der Waals surface area contributed by atoms with Crippen molar-refractivity contribution < 1.29 is 14.3 Å². The second kappa shape index (κ2) is 14.0. The Labute approximate surface area is 229 Å². The fourth-order valence-electron chi connectivity index (χ4n) is 4.81. The molecule has 0 fully saturated rings. The predicted molar refractivity (Wildman–Crippen MR) is 159 cm³/mol. The summed E-state index contributed by atoms with van der Waals surface area (Å²) in [6, 6.07) is 13.1. The fraction of sp³-hybridized carbons (Fsp3) is 0.441. The van der Waals surface area contributed by atoms with Crippen molar-refractivity contribution in [1.29, 1.82) is 0 Å². The number of aryl methyl sites for hydroxylation is 2. The second-order valence-corrected chi connectivity index (χ2v) is 11.2. The van der Waals surface area contributed by atoms with Crippen molar-refractivity contribution in [1.82, 2.24) is 0 Å². The molecule has 38 heavy (non-hydrogen) atoms. The lowest BCUT2D eigenvalue weighted by molar-refractivity contribution is 0.0561. The zero-order chi connectivity index (χ0) is 27.5. The van der Waals surface area contributed by atoms with Crippen LogP contribution < -0.4 is 14.8 Å². The largest absolute Gasteiger partial charge is 0.487 e. The third-order valence-corrected chi connectivity index (χ3v) is 7.12. The van der Waals surface area contributed by atoms with Gasteiger partial charge in [-0.25, -0.2) is 4.79 Å². The van der Waals surface area contributed by atoms with Crippen molar-refractivity contribution in [2.24, 2.45) is 0 Å². The summed E-state index contributed by atoms with van der Waals surface area (Å²) in [5.74, 6) is 1.48. The molecular formula is C34H45NO3. The summed E-state index contributed by atoms with van der Waals surface area (Å²) in [6.45, 7) is 13.0. The number of fused-ring (bicyclic) bond motifs is 1. The molecule has 1 heterocycles. The number of rotatable bonds is 11. The van der Waals surface area contributed by atoms with Gasteiger partial charge in [-0.15, -0.1) is 0 Å². The fourth-order valence-corrected chi connectivity index (χ4v) is 4.81. The maximum absolute atomic E-state index is 12.3. The smallest absolute Gasteiger partial charge is 0.417 e. The van der Waals surface area contributed by atoms with Crippen LogP contribution in [0, 0.1) is 6.92 Å². The zero-order valence-electron chi connectivity index (χ0n) is 24.2. The van der Waals surface area contributed by atoms with E-state index in [2.05, 4.69) is 58.2 Å². The summed E-state index contributed by atoms with van der Waals surface area (Å²) >= 11 is 0. The molecule has 1 aliphatic heterocycles. The topological polar surface area (TPSA) is 47.6 Å². The van der Waals surface area contributed by atoms with Gasteiger partial charge in [0.05, 0.1) is 0 Å². The number of hydrogen-bond acceptors (Lipinski definition) is 3. The molecule has 3 rings (SSSR count). The van der Waals surface area contributed by atoms with Gasteiger partial charge in [0, 0.05) is 5.69 Å². The lowest BCUT2D eigenvalue weighted by Crippen LogP contribution is -2.36. The quantitative estimate of drug-likeness (QED) is 0.303. The number of amides is 1. The van der Waals surface area contributed by atoms with Crippen LogP contribution in [-0.4, -0.2) is 11.7 Å². The molecule has 0 saturated heterocycles. The van der Waals surface area contributed by atoms with Crippen LogP contribution in [0.5, 0.6) is 11.5 Å². The van der Waals surface area contributed by atoms with Gasteiger partial charge in [-0.3, -0.25) is 5.32 Å². The van der Waals surface area contributed by atoms with Gasteiger partial charge in [0.15, 0.2) is 0 Å². The van der Waals surface area contributed by atoms with E-state index in [-0.39, 0.29) is 5.60 Å². The van der Waals surface area contributed by atoms with Gasteiger partial charge < -0.3 is 9.47 Å². The molecular weight excluding hydrogens is 470 g/mol. The number of ether oxygens (including phenoxy) is 2. The average Bonchev–Trinajstić information content (AvgIpc) is 2.85. The lowest BCUT2D eigenvalue weighted by atomic mass is 9.87. The zero-order valence-corrected chi connectivity index (χ0v) is 24.2. The maximum Gasteiger partial charge on any atom is 0.417 e. The Balaban J connectivity index is 1.49. The molecule has 4 heteroatoms. The Morgan fingerprint density at radius 3 is 2.32 bits per heavy atom. The molecule has 1 atom stereocenters. The molecule has 2 aromatic rings. The summed E-state index contributed by atoms with van der Waals surface area (Å²) in [4.78, 5) is 12.3. The first-order chi connectivity index (χ1) is 18.1. The minimum absolute atomic E-state index is 0.191. The molecule has 1 amide bonds. The number of benzene rings is 2. The van der Waals surface area contributed by atoms with Crippen molar-refractivity contribution in [3.63, 3.8) is 0 Å². The Morgan fingerprint density at radius 2 is 1.63 bits per heavy atom. The van der Waals surface area contributed by atoms with E-state index in [0.717, 1.165) is 68.2 Å². The number of allylic oxidation sites excluding steroid dienone is 6. The predicted octanol–water partition coefficient (Wildman–Crippen LogP) is 9.89. The molecule has 0 saturated carbocycles. The van der Waals surface area contributed by atoms with Gasteiger partial charge in [0.1, 0.15) is 17.1 Å². The van der Waals surface area contributed by atoms with Gasteiger partial charge in [0.2, 0.25) is 0 Å². The highest BCUT2D eigenvalue weighted by molar-refractivity contribution is 5.86. The van der Waals surface area contributed by atoms with Crippen molar-refractivity contribution in [3.05, 3.63) is 88.5 Å². The monoisotopic (exact) mass is 515 g/mol. The van der Waals surface area contributed by atoms with Crippen LogP contribution in [0.3, 0.4) is 0 Å². The molecule has 1 N–H and O–H groups in total. The van der Waals surface area contributed by atoms with Crippen LogP contribution >= 0.6 is 0 Å². The van der Waals surface area contributed by atoms with E-state index in [0.29, 0.717) is 11.4 Å². The van der Waals surface area contributed by atoms with E-state index in [1.165, 1.54) is 16.7 Å². The third kappa shape index (κ3) is 9.55.